The average molecular weight is 189 g/mol. The van der Waals surface area contributed by atoms with Gasteiger partial charge in [0.1, 0.15) is 0 Å². The van der Waals surface area contributed by atoms with E-state index in [4.69, 9.17) is 0 Å². The van der Waals surface area contributed by atoms with Crippen LogP contribution in [0.2, 0.25) is 0 Å². The van der Waals surface area contributed by atoms with Crippen molar-refractivity contribution in [3.05, 3.63) is 47.5 Å². The first-order valence-corrected chi connectivity index (χ1v) is 4.88. The summed E-state index contributed by atoms with van der Waals surface area (Å²) >= 11 is 0. The standard InChI is InChI=1S/C12H15NO/c1-13-8-7-11(9-14)12(13)10-5-3-2-4-6-10/h2-7,12,14H,8-9H2,1H3. The molecule has 1 heterocycles. The Bertz CT molecular complexity index is 331. The Balaban J connectivity index is 2.29. The fourth-order valence-corrected chi connectivity index (χ4v) is 2.02. The third kappa shape index (κ3) is 1.59. The Morgan fingerprint density at radius 3 is 2.71 bits per heavy atom. The van der Waals surface area contributed by atoms with E-state index >= 15 is 0 Å². The molecule has 1 aromatic rings. The maximum atomic E-state index is 9.22. The lowest BCUT2D eigenvalue weighted by molar-refractivity contribution is 0.280. The van der Waals surface area contributed by atoms with Crippen LogP contribution in [-0.4, -0.2) is 30.2 Å². The number of likely N-dealkylation sites (N-methyl/N-ethyl adjacent to an activating group) is 1. The summed E-state index contributed by atoms with van der Waals surface area (Å²) in [7, 11) is 2.08. The molecule has 1 aliphatic rings. The first-order valence-electron chi connectivity index (χ1n) is 4.88. The minimum atomic E-state index is 0.157. The van der Waals surface area contributed by atoms with E-state index in [1.807, 2.05) is 18.2 Å². The minimum absolute atomic E-state index is 0.157. The third-order valence-electron chi connectivity index (χ3n) is 2.73. The van der Waals surface area contributed by atoms with Gasteiger partial charge in [-0.1, -0.05) is 36.4 Å². The molecule has 14 heavy (non-hydrogen) atoms. The van der Waals surface area contributed by atoms with Crippen LogP contribution in [0.4, 0.5) is 0 Å². The Labute approximate surface area is 84.5 Å². The number of rotatable bonds is 2. The van der Waals surface area contributed by atoms with Crippen molar-refractivity contribution in [2.24, 2.45) is 0 Å². The van der Waals surface area contributed by atoms with Gasteiger partial charge in [-0.15, -0.1) is 0 Å². The van der Waals surface area contributed by atoms with Crippen LogP contribution < -0.4 is 0 Å². The molecule has 2 heteroatoms. The van der Waals surface area contributed by atoms with Gasteiger partial charge in [0.15, 0.2) is 0 Å². The van der Waals surface area contributed by atoms with Crippen molar-refractivity contribution in [2.45, 2.75) is 6.04 Å². The summed E-state index contributed by atoms with van der Waals surface area (Å²) in [6.07, 6.45) is 2.11. The predicted molar refractivity (Wildman–Crippen MR) is 57.0 cm³/mol. The van der Waals surface area contributed by atoms with Crippen LogP contribution in [-0.2, 0) is 0 Å². The first kappa shape index (κ1) is 9.44. The van der Waals surface area contributed by atoms with Crippen molar-refractivity contribution >= 4 is 0 Å². The normalized spacial score (nSPS) is 22.4. The fourth-order valence-electron chi connectivity index (χ4n) is 2.02. The van der Waals surface area contributed by atoms with Gasteiger partial charge in [0.05, 0.1) is 12.6 Å². The SMILES string of the molecule is CN1CC=C(CO)C1c1ccccc1. The predicted octanol–water partition coefficient (Wildman–Crippen LogP) is 1.59. The fraction of sp³-hybridized carbons (Fsp3) is 0.333. The molecular weight excluding hydrogens is 174 g/mol. The lowest BCUT2D eigenvalue weighted by Gasteiger charge is -2.22. The van der Waals surface area contributed by atoms with Gasteiger partial charge < -0.3 is 5.11 Å². The molecule has 1 unspecified atom stereocenters. The molecule has 1 N–H and O–H groups in total. The lowest BCUT2D eigenvalue weighted by atomic mass is 10.0. The summed E-state index contributed by atoms with van der Waals surface area (Å²) in [6.45, 7) is 1.08. The van der Waals surface area contributed by atoms with E-state index in [1.165, 1.54) is 5.56 Å². The molecule has 1 aliphatic heterocycles. The number of nitrogens with zero attached hydrogens (tertiary/aromatic N) is 1. The number of aliphatic hydroxyl groups excluding tert-OH is 1. The summed E-state index contributed by atoms with van der Waals surface area (Å²) in [6, 6.07) is 10.6. The Morgan fingerprint density at radius 1 is 1.36 bits per heavy atom. The van der Waals surface area contributed by atoms with Gasteiger partial charge in [0.25, 0.3) is 0 Å². The van der Waals surface area contributed by atoms with E-state index < -0.39 is 0 Å². The summed E-state index contributed by atoms with van der Waals surface area (Å²) < 4.78 is 0. The molecule has 2 nitrogen and oxygen atoms in total. The molecule has 0 bridgehead atoms. The second-order valence-electron chi connectivity index (χ2n) is 3.69. The van der Waals surface area contributed by atoms with Crippen molar-refractivity contribution in [1.29, 1.82) is 0 Å². The Morgan fingerprint density at radius 2 is 2.07 bits per heavy atom. The molecule has 0 saturated carbocycles. The van der Waals surface area contributed by atoms with Gasteiger partial charge >= 0.3 is 0 Å². The van der Waals surface area contributed by atoms with E-state index in [0.717, 1.165) is 12.1 Å². The van der Waals surface area contributed by atoms with E-state index in [2.05, 4.69) is 30.2 Å². The summed E-state index contributed by atoms with van der Waals surface area (Å²) in [5.41, 5.74) is 2.37. The van der Waals surface area contributed by atoms with E-state index in [0.29, 0.717) is 0 Å². The Hall–Kier alpha value is -1.12. The molecule has 2 rings (SSSR count). The van der Waals surface area contributed by atoms with E-state index in [9.17, 15) is 5.11 Å². The van der Waals surface area contributed by atoms with E-state index in [1.54, 1.807) is 0 Å². The molecule has 0 radical (unpaired) electrons. The summed E-state index contributed by atoms with van der Waals surface area (Å²) in [5.74, 6) is 0. The molecule has 0 spiro atoms. The first-order chi connectivity index (χ1) is 6.83. The molecule has 0 aliphatic carbocycles. The maximum Gasteiger partial charge on any atom is 0.0660 e. The van der Waals surface area contributed by atoms with Gasteiger partial charge in [-0.05, 0) is 18.2 Å². The van der Waals surface area contributed by atoms with Crippen molar-refractivity contribution in [3.63, 3.8) is 0 Å². The van der Waals surface area contributed by atoms with Crippen molar-refractivity contribution in [2.75, 3.05) is 20.2 Å². The monoisotopic (exact) mass is 189 g/mol. The zero-order chi connectivity index (χ0) is 9.97. The molecule has 74 valence electrons. The molecule has 0 saturated heterocycles. The van der Waals surface area contributed by atoms with Crippen LogP contribution >= 0.6 is 0 Å². The van der Waals surface area contributed by atoms with Crippen molar-refractivity contribution in [1.82, 2.24) is 4.90 Å². The van der Waals surface area contributed by atoms with Gasteiger partial charge in [-0.25, -0.2) is 0 Å². The highest BCUT2D eigenvalue weighted by atomic mass is 16.3. The van der Waals surface area contributed by atoms with Crippen LogP contribution in [0.3, 0.4) is 0 Å². The number of benzene rings is 1. The molecule has 0 fully saturated rings. The molecule has 0 aromatic heterocycles. The van der Waals surface area contributed by atoms with Gasteiger partial charge in [0.2, 0.25) is 0 Å². The van der Waals surface area contributed by atoms with Crippen molar-refractivity contribution in [3.8, 4) is 0 Å². The third-order valence-corrected chi connectivity index (χ3v) is 2.73. The molecule has 1 aromatic carbocycles. The second-order valence-corrected chi connectivity index (χ2v) is 3.69. The maximum absolute atomic E-state index is 9.22. The number of aliphatic hydroxyl groups is 1. The van der Waals surface area contributed by atoms with Crippen LogP contribution in [0.15, 0.2) is 42.0 Å². The Kier molecular flexibility index (Phi) is 2.66. The highest BCUT2D eigenvalue weighted by Gasteiger charge is 2.24. The lowest BCUT2D eigenvalue weighted by Crippen LogP contribution is -2.21. The summed E-state index contributed by atoms with van der Waals surface area (Å²) in [4.78, 5) is 2.24. The topological polar surface area (TPSA) is 23.5 Å². The minimum Gasteiger partial charge on any atom is -0.392 e. The van der Waals surface area contributed by atoms with Gasteiger partial charge in [-0.3, -0.25) is 4.90 Å². The van der Waals surface area contributed by atoms with Gasteiger partial charge in [0, 0.05) is 6.54 Å². The zero-order valence-electron chi connectivity index (χ0n) is 8.35. The van der Waals surface area contributed by atoms with Crippen LogP contribution in [0.5, 0.6) is 0 Å². The highest BCUT2D eigenvalue weighted by Crippen LogP contribution is 2.31. The van der Waals surface area contributed by atoms with Crippen LogP contribution in [0.1, 0.15) is 11.6 Å². The van der Waals surface area contributed by atoms with E-state index in [-0.39, 0.29) is 12.6 Å². The average Bonchev–Trinajstić information content (AvgIpc) is 2.61. The van der Waals surface area contributed by atoms with Gasteiger partial charge in [-0.2, -0.15) is 0 Å². The van der Waals surface area contributed by atoms with Crippen LogP contribution in [0, 0.1) is 0 Å². The summed E-state index contributed by atoms with van der Waals surface area (Å²) in [5, 5.41) is 9.22. The molecular formula is C12H15NO. The van der Waals surface area contributed by atoms with Crippen LogP contribution in [0.25, 0.3) is 0 Å². The second kappa shape index (κ2) is 3.95. The highest BCUT2D eigenvalue weighted by molar-refractivity contribution is 5.31. The van der Waals surface area contributed by atoms with Crippen molar-refractivity contribution < 1.29 is 5.11 Å². The molecule has 0 amide bonds. The molecule has 1 atom stereocenters. The largest absolute Gasteiger partial charge is 0.392 e. The smallest absolute Gasteiger partial charge is 0.0660 e. The number of hydrogen-bond donors (Lipinski definition) is 1. The number of hydrogen-bond acceptors (Lipinski definition) is 2. The zero-order valence-corrected chi connectivity index (χ0v) is 8.35. The quantitative estimate of drug-likeness (QED) is 0.714.